The van der Waals surface area contributed by atoms with Crippen LogP contribution in [0.1, 0.15) is 11.1 Å². The standard InChI is InChI=1S/C20H15Br2Cl2NO/c21-16-8-14(11-25-19-10-15(23)6-7-18(19)24)9-17(22)20(16)26-12-13-4-2-1-3-5-13/h1-10,25H,11-12H2. The van der Waals surface area contributed by atoms with Crippen molar-refractivity contribution in [2.75, 3.05) is 5.32 Å². The fraction of sp³-hybridized carbons (Fsp3) is 0.100. The van der Waals surface area contributed by atoms with Crippen LogP contribution in [0.3, 0.4) is 0 Å². The van der Waals surface area contributed by atoms with Gasteiger partial charge in [0.05, 0.1) is 19.7 Å². The summed E-state index contributed by atoms with van der Waals surface area (Å²) in [6.45, 7) is 1.12. The Balaban J connectivity index is 1.69. The molecule has 0 amide bonds. The molecule has 2 nitrogen and oxygen atoms in total. The second kappa shape index (κ2) is 9.14. The molecule has 1 N–H and O–H groups in total. The van der Waals surface area contributed by atoms with E-state index >= 15 is 0 Å². The maximum absolute atomic E-state index is 6.19. The highest BCUT2D eigenvalue weighted by atomic mass is 79.9. The molecule has 0 bridgehead atoms. The van der Waals surface area contributed by atoms with Gasteiger partial charge in [-0.15, -0.1) is 0 Å². The summed E-state index contributed by atoms with van der Waals surface area (Å²) in [5, 5.41) is 4.58. The van der Waals surface area contributed by atoms with Crippen LogP contribution in [0.4, 0.5) is 5.69 Å². The molecule has 0 atom stereocenters. The molecule has 0 radical (unpaired) electrons. The van der Waals surface area contributed by atoms with Crippen molar-refractivity contribution < 1.29 is 4.74 Å². The van der Waals surface area contributed by atoms with Gasteiger partial charge < -0.3 is 10.1 Å². The Morgan fingerprint density at radius 1 is 0.846 bits per heavy atom. The number of halogens is 4. The molecule has 0 saturated heterocycles. The Labute approximate surface area is 179 Å². The third-order valence-electron chi connectivity index (χ3n) is 3.70. The van der Waals surface area contributed by atoms with Crippen molar-refractivity contribution in [1.82, 2.24) is 0 Å². The first-order valence-electron chi connectivity index (χ1n) is 7.86. The summed E-state index contributed by atoms with van der Waals surface area (Å²) in [5.41, 5.74) is 3.00. The van der Waals surface area contributed by atoms with Gasteiger partial charge in [-0.05, 0) is 73.3 Å². The van der Waals surface area contributed by atoms with Crippen molar-refractivity contribution in [1.29, 1.82) is 0 Å². The molecule has 0 heterocycles. The highest BCUT2D eigenvalue weighted by Crippen LogP contribution is 2.36. The van der Waals surface area contributed by atoms with Crippen LogP contribution in [0.25, 0.3) is 0 Å². The second-order valence-electron chi connectivity index (χ2n) is 5.64. The topological polar surface area (TPSA) is 21.3 Å². The van der Waals surface area contributed by atoms with E-state index in [2.05, 4.69) is 37.2 Å². The minimum Gasteiger partial charge on any atom is -0.487 e. The van der Waals surface area contributed by atoms with E-state index in [9.17, 15) is 0 Å². The fourth-order valence-electron chi connectivity index (χ4n) is 2.41. The lowest BCUT2D eigenvalue weighted by Crippen LogP contribution is -2.02. The molecule has 0 aliphatic heterocycles. The van der Waals surface area contributed by atoms with Crippen LogP contribution in [0, 0.1) is 0 Å². The molecule has 0 spiro atoms. The Morgan fingerprint density at radius 3 is 2.23 bits per heavy atom. The maximum atomic E-state index is 6.19. The van der Waals surface area contributed by atoms with Gasteiger partial charge in [0.15, 0.2) is 0 Å². The average Bonchev–Trinajstić information content (AvgIpc) is 2.62. The number of ether oxygens (including phenoxy) is 1. The van der Waals surface area contributed by atoms with Crippen molar-refractivity contribution in [2.45, 2.75) is 13.2 Å². The predicted molar refractivity (Wildman–Crippen MR) is 116 cm³/mol. The van der Waals surface area contributed by atoms with E-state index in [-0.39, 0.29) is 0 Å². The average molecular weight is 516 g/mol. The van der Waals surface area contributed by atoms with Crippen LogP contribution >= 0.6 is 55.1 Å². The number of rotatable bonds is 6. The summed E-state index contributed by atoms with van der Waals surface area (Å²) < 4.78 is 7.73. The highest BCUT2D eigenvalue weighted by Gasteiger charge is 2.10. The molecule has 0 aliphatic carbocycles. The van der Waals surface area contributed by atoms with Crippen LogP contribution in [-0.4, -0.2) is 0 Å². The molecule has 3 aromatic carbocycles. The molecule has 0 aliphatic rings. The number of benzene rings is 3. The molecule has 6 heteroatoms. The summed E-state index contributed by atoms with van der Waals surface area (Å²) in [7, 11) is 0. The zero-order valence-electron chi connectivity index (χ0n) is 13.6. The van der Waals surface area contributed by atoms with Gasteiger partial charge in [-0.2, -0.15) is 0 Å². The Kier molecular flexibility index (Phi) is 6.87. The summed E-state index contributed by atoms with van der Waals surface area (Å²) in [4.78, 5) is 0. The van der Waals surface area contributed by atoms with Gasteiger partial charge in [-0.25, -0.2) is 0 Å². The van der Waals surface area contributed by atoms with E-state index in [1.807, 2.05) is 48.5 Å². The summed E-state index contributed by atoms with van der Waals surface area (Å²) >= 11 is 19.4. The minimum atomic E-state index is 0.508. The van der Waals surface area contributed by atoms with Gasteiger partial charge >= 0.3 is 0 Å². The summed E-state index contributed by atoms with van der Waals surface area (Å²) in [6, 6.07) is 19.5. The summed E-state index contributed by atoms with van der Waals surface area (Å²) in [5.74, 6) is 0.776. The second-order valence-corrected chi connectivity index (χ2v) is 8.19. The molecule has 0 saturated carbocycles. The molecular weight excluding hydrogens is 501 g/mol. The van der Waals surface area contributed by atoms with Crippen molar-refractivity contribution >= 4 is 60.7 Å². The first-order valence-corrected chi connectivity index (χ1v) is 10.2. The predicted octanol–water partition coefficient (Wildman–Crippen LogP) is 7.71. The lowest BCUT2D eigenvalue weighted by molar-refractivity contribution is 0.302. The van der Waals surface area contributed by atoms with E-state index < -0.39 is 0 Å². The first kappa shape index (κ1) is 19.6. The van der Waals surface area contributed by atoms with Crippen LogP contribution < -0.4 is 10.1 Å². The minimum absolute atomic E-state index is 0.508. The SMILES string of the molecule is Clc1ccc(Cl)c(NCc2cc(Br)c(OCc3ccccc3)c(Br)c2)c1. The van der Waals surface area contributed by atoms with Crippen molar-refractivity contribution in [2.24, 2.45) is 0 Å². The Hall–Kier alpha value is -1.20. The molecule has 3 aromatic rings. The lowest BCUT2D eigenvalue weighted by atomic mass is 10.2. The van der Waals surface area contributed by atoms with Crippen LogP contribution in [0.15, 0.2) is 69.6 Å². The normalized spacial score (nSPS) is 10.6. The number of nitrogens with one attached hydrogen (secondary N) is 1. The molecule has 134 valence electrons. The van der Waals surface area contributed by atoms with Crippen LogP contribution in [-0.2, 0) is 13.2 Å². The van der Waals surface area contributed by atoms with Gasteiger partial charge in [0.25, 0.3) is 0 Å². The van der Waals surface area contributed by atoms with Crippen LogP contribution in [0.2, 0.25) is 10.0 Å². The molecule has 0 fully saturated rings. The van der Waals surface area contributed by atoms with Crippen molar-refractivity contribution in [3.05, 3.63) is 90.8 Å². The van der Waals surface area contributed by atoms with E-state index in [0.717, 1.165) is 31.5 Å². The zero-order valence-corrected chi connectivity index (χ0v) is 18.3. The molecule has 26 heavy (non-hydrogen) atoms. The van der Waals surface area contributed by atoms with E-state index in [1.165, 1.54) is 0 Å². The zero-order chi connectivity index (χ0) is 18.5. The first-order chi connectivity index (χ1) is 12.5. The molecule has 0 unspecified atom stereocenters. The Morgan fingerprint density at radius 2 is 1.54 bits per heavy atom. The third-order valence-corrected chi connectivity index (χ3v) is 5.44. The number of anilines is 1. The van der Waals surface area contributed by atoms with Gasteiger partial charge in [0, 0.05) is 11.6 Å². The van der Waals surface area contributed by atoms with Crippen molar-refractivity contribution in [3.63, 3.8) is 0 Å². The van der Waals surface area contributed by atoms with E-state index in [0.29, 0.717) is 23.2 Å². The largest absolute Gasteiger partial charge is 0.487 e. The fourth-order valence-corrected chi connectivity index (χ4v) is 4.28. The Bertz CT molecular complexity index is 881. The summed E-state index contributed by atoms with van der Waals surface area (Å²) in [6.07, 6.45) is 0. The monoisotopic (exact) mass is 513 g/mol. The van der Waals surface area contributed by atoms with Gasteiger partial charge in [-0.3, -0.25) is 0 Å². The van der Waals surface area contributed by atoms with Crippen molar-refractivity contribution in [3.8, 4) is 5.75 Å². The maximum Gasteiger partial charge on any atom is 0.148 e. The van der Waals surface area contributed by atoms with E-state index in [1.54, 1.807) is 12.1 Å². The van der Waals surface area contributed by atoms with E-state index in [4.69, 9.17) is 27.9 Å². The van der Waals surface area contributed by atoms with Gasteiger partial charge in [0.1, 0.15) is 12.4 Å². The number of hydrogen-bond donors (Lipinski definition) is 1. The molecule has 3 rings (SSSR count). The molecular formula is C20H15Br2Cl2NO. The van der Waals surface area contributed by atoms with Gasteiger partial charge in [0.2, 0.25) is 0 Å². The third kappa shape index (κ3) is 5.17. The molecule has 0 aromatic heterocycles. The highest BCUT2D eigenvalue weighted by molar-refractivity contribution is 9.11. The quantitative estimate of drug-likeness (QED) is 0.363. The van der Waals surface area contributed by atoms with Crippen LogP contribution in [0.5, 0.6) is 5.75 Å². The number of hydrogen-bond acceptors (Lipinski definition) is 2. The lowest BCUT2D eigenvalue weighted by Gasteiger charge is -2.14. The van der Waals surface area contributed by atoms with Gasteiger partial charge in [-0.1, -0.05) is 53.5 Å². The smallest absolute Gasteiger partial charge is 0.148 e.